The summed E-state index contributed by atoms with van der Waals surface area (Å²) in [6, 6.07) is 16.7. The van der Waals surface area contributed by atoms with Gasteiger partial charge in [-0.25, -0.2) is 0 Å². The molecule has 0 saturated heterocycles. The van der Waals surface area contributed by atoms with Crippen LogP contribution in [0.25, 0.3) is 21.9 Å². The van der Waals surface area contributed by atoms with Crippen LogP contribution in [0.4, 0.5) is 0 Å². The maximum atomic E-state index is 10.5. The normalized spacial score (nSPS) is 13.0. The minimum absolute atomic E-state index is 0.414. The maximum Gasteiger partial charge on any atom is 0.169 e. The molecule has 4 aromatic rings. The summed E-state index contributed by atoms with van der Waals surface area (Å²) in [4.78, 5) is 0. The molecule has 4 rings (SSSR count). The van der Waals surface area contributed by atoms with Crippen molar-refractivity contribution in [2.24, 2.45) is 0 Å². The highest BCUT2D eigenvalue weighted by Gasteiger charge is 2.20. The molecule has 2 aromatic carbocycles. The Kier molecular flexibility index (Phi) is 2.77. The van der Waals surface area contributed by atoms with E-state index in [-0.39, 0.29) is 0 Å². The van der Waals surface area contributed by atoms with Gasteiger partial charge in [-0.1, -0.05) is 41.9 Å². The van der Waals surface area contributed by atoms with E-state index in [2.05, 4.69) is 0 Å². The summed E-state index contributed by atoms with van der Waals surface area (Å²) in [6.07, 6.45) is -0.958. The summed E-state index contributed by atoms with van der Waals surface area (Å²) < 4.78 is 11.3. The zero-order chi connectivity index (χ0) is 14.4. The van der Waals surface area contributed by atoms with Crippen LogP contribution in [-0.2, 0) is 0 Å². The number of aliphatic hydroxyl groups excluding tert-OH is 1. The zero-order valence-electron chi connectivity index (χ0n) is 10.9. The monoisotopic (exact) mass is 298 g/mol. The Labute approximate surface area is 125 Å². The Morgan fingerprint density at radius 3 is 2.38 bits per heavy atom. The fourth-order valence-electron chi connectivity index (χ4n) is 2.46. The van der Waals surface area contributed by atoms with Crippen molar-refractivity contribution in [1.29, 1.82) is 0 Å². The molecule has 3 nitrogen and oxygen atoms in total. The molecule has 0 spiro atoms. The van der Waals surface area contributed by atoms with Crippen molar-refractivity contribution in [2.75, 3.05) is 0 Å². The van der Waals surface area contributed by atoms with Crippen LogP contribution in [0, 0.1) is 0 Å². The Balaban J connectivity index is 1.81. The van der Waals surface area contributed by atoms with E-state index in [1.54, 1.807) is 12.1 Å². The second-order valence-electron chi connectivity index (χ2n) is 4.90. The minimum Gasteiger partial charge on any atom is -0.458 e. The van der Waals surface area contributed by atoms with Gasteiger partial charge >= 0.3 is 0 Å². The van der Waals surface area contributed by atoms with Crippen LogP contribution in [0.1, 0.15) is 17.6 Å². The van der Waals surface area contributed by atoms with Gasteiger partial charge in [-0.3, -0.25) is 0 Å². The first-order chi connectivity index (χ1) is 10.2. The van der Waals surface area contributed by atoms with E-state index in [9.17, 15) is 5.11 Å². The number of hydrogen-bond donors (Lipinski definition) is 1. The van der Waals surface area contributed by atoms with Crippen molar-refractivity contribution in [3.8, 4) is 0 Å². The molecule has 104 valence electrons. The van der Waals surface area contributed by atoms with E-state index in [1.807, 2.05) is 42.5 Å². The molecule has 0 fully saturated rings. The molecule has 2 aromatic heterocycles. The van der Waals surface area contributed by atoms with E-state index >= 15 is 0 Å². The Morgan fingerprint density at radius 2 is 1.57 bits per heavy atom. The first kappa shape index (κ1) is 12.5. The van der Waals surface area contributed by atoms with E-state index in [4.69, 9.17) is 20.4 Å². The van der Waals surface area contributed by atoms with Gasteiger partial charge in [-0.05, 0) is 24.3 Å². The molecule has 2 heterocycles. The highest BCUT2D eigenvalue weighted by atomic mass is 35.5. The molecular formula is C17H11ClO3. The highest BCUT2D eigenvalue weighted by molar-refractivity contribution is 6.34. The van der Waals surface area contributed by atoms with Crippen LogP contribution in [-0.4, -0.2) is 5.11 Å². The lowest BCUT2D eigenvalue weighted by atomic mass is 10.2. The number of hydrogen-bond acceptors (Lipinski definition) is 3. The second kappa shape index (κ2) is 4.65. The smallest absolute Gasteiger partial charge is 0.169 e. The third-order valence-electron chi connectivity index (χ3n) is 3.50. The van der Waals surface area contributed by atoms with E-state index < -0.39 is 6.10 Å². The first-order valence-corrected chi connectivity index (χ1v) is 6.95. The lowest BCUT2D eigenvalue weighted by molar-refractivity contribution is 0.167. The van der Waals surface area contributed by atoms with Crippen LogP contribution in [0.3, 0.4) is 0 Å². The van der Waals surface area contributed by atoms with Crippen LogP contribution in [0.5, 0.6) is 0 Å². The van der Waals surface area contributed by atoms with Crippen molar-refractivity contribution < 1.29 is 13.9 Å². The Bertz CT molecular complexity index is 902. The fraction of sp³-hybridized carbons (Fsp3) is 0.0588. The van der Waals surface area contributed by atoms with Gasteiger partial charge in [0.2, 0.25) is 0 Å². The summed E-state index contributed by atoms with van der Waals surface area (Å²) in [5.41, 5.74) is 1.31. The Hall–Kier alpha value is -2.23. The van der Waals surface area contributed by atoms with Crippen LogP contribution >= 0.6 is 11.6 Å². The largest absolute Gasteiger partial charge is 0.458 e. The third-order valence-corrected chi connectivity index (χ3v) is 3.80. The zero-order valence-corrected chi connectivity index (χ0v) is 11.7. The molecule has 0 amide bonds. The molecule has 1 N–H and O–H groups in total. The molecule has 0 aliphatic carbocycles. The second-order valence-corrected chi connectivity index (χ2v) is 5.30. The summed E-state index contributed by atoms with van der Waals surface area (Å²) >= 11 is 6.09. The average Bonchev–Trinajstić information content (AvgIpc) is 3.11. The van der Waals surface area contributed by atoms with Crippen molar-refractivity contribution in [3.63, 3.8) is 0 Å². The lowest BCUT2D eigenvalue weighted by Crippen LogP contribution is -1.95. The van der Waals surface area contributed by atoms with Crippen LogP contribution in [0.2, 0.25) is 5.02 Å². The lowest BCUT2D eigenvalue weighted by Gasteiger charge is -2.02. The molecule has 0 bridgehead atoms. The van der Waals surface area contributed by atoms with Crippen molar-refractivity contribution in [1.82, 2.24) is 0 Å². The van der Waals surface area contributed by atoms with Gasteiger partial charge in [-0.15, -0.1) is 0 Å². The highest BCUT2D eigenvalue weighted by Crippen LogP contribution is 2.33. The molecule has 0 saturated carbocycles. The molecule has 1 unspecified atom stereocenters. The number of fused-ring (bicyclic) bond motifs is 2. The van der Waals surface area contributed by atoms with Crippen molar-refractivity contribution >= 4 is 33.5 Å². The standard InChI is InChI=1S/C17H11ClO3/c18-12-6-3-5-11-9-15(21-17(11)12)16(19)14-8-10-4-1-2-7-13(10)20-14/h1-9,16,19H. The van der Waals surface area contributed by atoms with E-state index in [0.29, 0.717) is 22.1 Å². The van der Waals surface area contributed by atoms with Gasteiger partial charge in [0.05, 0.1) is 5.02 Å². The molecule has 21 heavy (non-hydrogen) atoms. The average molecular weight is 299 g/mol. The summed E-state index contributed by atoms with van der Waals surface area (Å²) in [5, 5.41) is 12.8. The quantitative estimate of drug-likeness (QED) is 0.571. The van der Waals surface area contributed by atoms with Gasteiger partial charge in [0.1, 0.15) is 17.1 Å². The Morgan fingerprint density at radius 1 is 0.857 bits per heavy atom. The number of aliphatic hydroxyl groups is 1. The predicted molar refractivity (Wildman–Crippen MR) is 81.5 cm³/mol. The SMILES string of the molecule is OC(c1cc2ccccc2o1)c1cc2cccc(Cl)c2o1. The first-order valence-electron chi connectivity index (χ1n) is 6.57. The molecule has 0 radical (unpaired) electrons. The number of benzene rings is 2. The predicted octanol–water partition coefficient (Wildman–Crippen LogP) is 4.91. The van der Waals surface area contributed by atoms with Gasteiger partial charge in [0.25, 0.3) is 0 Å². The van der Waals surface area contributed by atoms with Crippen LogP contribution < -0.4 is 0 Å². The number of halogens is 1. The number of furan rings is 2. The van der Waals surface area contributed by atoms with Gasteiger partial charge in [-0.2, -0.15) is 0 Å². The number of para-hydroxylation sites is 2. The van der Waals surface area contributed by atoms with Crippen molar-refractivity contribution in [2.45, 2.75) is 6.10 Å². The van der Waals surface area contributed by atoms with Gasteiger partial charge in [0.15, 0.2) is 11.7 Å². The van der Waals surface area contributed by atoms with Gasteiger partial charge in [0, 0.05) is 10.8 Å². The molecule has 1 atom stereocenters. The summed E-state index contributed by atoms with van der Waals surface area (Å²) in [7, 11) is 0. The van der Waals surface area contributed by atoms with Gasteiger partial charge < -0.3 is 13.9 Å². The third kappa shape index (κ3) is 2.02. The number of rotatable bonds is 2. The summed E-state index contributed by atoms with van der Waals surface area (Å²) in [5.74, 6) is 0.864. The van der Waals surface area contributed by atoms with Crippen LogP contribution in [0.15, 0.2) is 63.4 Å². The molecule has 0 aliphatic heterocycles. The van der Waals surface area contributed by atoms with Crippen molar-refractivity contribution in [3.05, 3.63) is 71.1 Å². The van der Waals surface area contributed by atoms with E-state index in [1.165, 1.54) is 0 Å². The molecule has 4 heteroatoms. The maximum absolute atomic E-state index is 10.5. The fourth-order valence-corrected chi connectivity index (χ4v) is 2.68. The summed E-state index contributed by atoms with van der Waals surface area (Å²) in [6.45, 7) is 0. The molecular weight excluding hydrogens is 288 g/mol. The molecule has 0 aliphatic rings. The minimum atomic E-state index is -0.958. The topological polar surface area (TPSA) is 46.5 Å². The van der Waals surface area contributed by atoms with E-state index in [0.717, 1.165) is 16.4 Å².